The van der Waals surface area contributed by atoms with Crippen LogP contribution in [0.2, 0.25) is 0 Å². The Hall–Kier alpha value is -2.48. The van der Waals surface area contributed by atoms with Crippen molar-refractivity contribution < 1.29 is 9.53 Å². The van der Waals surface area contributed by atoms with Crippen molar-refractivity contribution in [3.8, 4) is 0 Å². The summed E-state index contributed by atoms with van der Waals surface area (Å²) in [5.74, 6) is 1.35. The molecular formula is C16H22N6O2. The van der Waals surface area contributed by atoms with E-state index in [4.69, 9.17) is 4.74 Å². The van der Waals surface area contributed by atoms with Gasteiger partial charge in [-0.1, -0.05) is 0 Å². The third kappa shape index (κ3) is 3.23. The number of hydrogen-bond acceptors (Lipinski definition) is 6. The number of carbonyl (C=O) groups excluding carboxylic acids is 1. The molecule has 2 aromatic rings. The van der Waals surface area contributed by atoms with E-state index < -0.39 is 0 Å². The third-order valence-electron chi connectivity index (χ3n) is 3.96. The first-order valence-electron chi connectivity index (χ1n) is 7.86. The molecule has 3 heterocycles. The van der Waals surface area contributed by atoms with Gasteiger partial charge in [-0.15, -0.1) is 0 Å². The molecule has 0 saturated carbocycles. The van der Waals surface area contributed by atoms with Crippen molar-refractivity contribution in [2.45, 2.75) is 13.0 Å². The van der Waals surface area contributed by atoms with Crippen molar-refractivity contribution in [1.29, 1.82) is 0 Å². The van der Waals surface area contributed by atoms with E-state index in [1.165, 1.54) is 0 Å². The summed E-state index contributed by atoms with van der Waals surface area (Å²) in [6, 6.07) is 1.62. The van der Waals surface area contributed by atoms with Crippen LogP contribution in [0.1, 0.15) is 27.9 Å². The highest BCUT2D eigenvalue weighted by atomic mass is 16.5. The normalized spacial score (nSPS) is 17.8. The molecule has 8 nitrogen and oxygen atoms in total. The minimum Gasteiger partial charge on any atom is -0.377 e. The first-order valence-corrected chi connectivity index (χ1v) is 7.86. The summed E-state index contributed by atoms with van der Waals surface area (Å²) in [6.45, 7) is 3.33. The number of aromatic nitrogens is 4. The third-order valence-corrected chi connectivity index (χ3v) is 3.96. The van der Waals surface area contributed by atoms with Gasteiger partial charge in [0.2, 0.25) is 0 Å². The summed E-state index contributed by atoms with van der Waals surface area (Å²) in [4.78, 5) is 25.7. The second-order valence-corrected chi connectivity index (χ2v) is 6.11. The van der Waals surface area contributed by atoms with E-state index in [1.54, 1.807) is 29.0 Å². The van der Waals surface area contributed by atoms with E-state index in [-0.39, 0.29) is 11.9 Å². The molecule has 1 saturated heterocycles. The average molecular weight is 330 g/mol. The van der Waals surface area contributed by atoms with Crippen LogP contribution in [0.25, 0.3) is 0 Å². The van der Waals surface area contributed by atoms with Crippen molar-refractivity contribution in [3.05, 3.63) is 35.5 Å². The van der Waals surface area contributed by atoms with Gasteiger partial charge in [0, 0.05) is 45.6 Å². The zero-order valence-corrected chi connectivity index (χ0v) is 14.4. The van der Waals surface area contributed by atoms with Gasteiger partial charge in [0.05, 0.1) is 25.0 Å². The first-order chi connectivity index (χ1) is 11.5. The molecule has 24 heavy (non-hydrogen) atoms. The van der Waals surface area contributed by atoms with Crippen LogP contribution >= 0.6 is 0 Å². The van der Waals surface area contributed by atoms with E-state index >= 15 is 0 Å². The lowest BCUT2D eigenvalue weighted by molar-refractivity contribution is -0.00524. The summed E-state index contributed by atoms with van der Waals surface area (Å²) in [6.07, 6.45) is 3.30. The number of hydrogen-bond donors (Lipinski definition) is 0. The summed E-state index contributed by atoms with van der Waals surface area (Å²) < 4.78 is 7.21. The van der Waals surface area contributed by atoms with Crippen LogP contribution in [0.15, 0.2) is 18.5 Å². The number of anilines is 1. The van der Waals surface area contributed by atoms with Crippen molar-refractivity contribution >= 4 is 11.7 Å². The fourth-order valence-corrected chi connectivity index (χ4v) is 2.71. The van der Waals surface area contributed by atoms with Crippen molar-refractivity contribution in [1.82, 2.24) is 24.6 Å². The number of ether oxygens (including phenoxy) is 1. The minimum atomic E-state index is -0.301. The Balaban J connectivity index is 1.94. The van der Waals surface area contributed by atoms with E-state index in [2.05, 4.69) is 15.1 Å². The molecule has 0 N–H and O–H groups in total. The van der Waals surface area contributed by atoms with E-state index in [1.807, 2.05) is 32.0 Å². The zero-order chi connectivity index (χ0) is 17.3. The Morgan fingerprint density at radius 2 is 2.17 bits per heavy atom. The van der Waals surface area contributed by atoms with Gasteiger partial charge in [0.15, 0.2) is 5.82 Å². The molecule has 1 atom stereocenters. The molecule has 0 unspecified atom stereocenters. The van der Waals surface area contributed by atoms with Crippen LogP contribution in [0.5, 0.6) is 0 Å². The van der Waals surface area contributed by atoms with Gasteiger partial charge in [-0.05, 0) is 6.92 Å². The molecule has 1 fully saturated rings. The molecule has 0 aromatic carbocycles. The van der Waals surface area contributed by atoms with Crippen LogP contribution in [-0.2, 0) is 11.8 Å². The molecule has 8 heteroatoms. The van der Waals surface area contributed by atoms with Crippen molar-refractivity contribution in [2.24, 2.45) is 7.05 Å². The summed E-state index contributed by atoms with van der Waals surface area (Å²) >= 11 is 0. The zero-order valence-electron chi connectivity index (χ0n) is 14.4. The van der Waals surface area contributed by atoms with Crippen molar-refractivity contribution in [3.63, 3.8) is 0 Å². The van der Waals surface area contributed by atoms with Gasteiger partial charge in [0.1, 0.15) is 11.9 Å². The van der Waals surface area contributed by atoms with Gasteiger partial charge in [-0.3, -0.25) is 9.48 Å². The molecule has 1 amide bonds. The Labute approximate surface area is 141 Å². The predicted molar refractivity (Wildman–Crippen MR) is 88.9 cm³/mol. The quantitative estimate of drug-likeness (QED) is 0.828. The molecule has 1 aliphatic heterocycles. The lowest BCUT2D eigenvalue weighted by atomic mass is 10.1. The number of aryl methyl sites for hydroxylation is 2. The van der Waals surface area contributed by atoms with Gasteiger partial charge in [-0.25, -0.2) is 9.97 Å². The van der Waals surface area contributed by atoms with E-state index in [0.717, 1.165) is 11.5 Å². The lowest BCUT2D eigenvalue weighted by Gasteiger charge is -2.34. The lowest BCUT2D eigenvalue weighted by Crippen LogP contribution is -2.44. The average Bonchev–Trinajstić information content (AvgIpc) is 3.00. The Bertz CT molecular complexity index is 742. The SMILES string of the molecule is Cc1cc(N(C)C)nc([C@H]2COCCN2C(=O)c2cnn(C)c2)n1. The molecule has 0 spiro atoms. The maximum Gasteiger partial charge on any atom is 0.257 e. The maximum atomic E-state index is 12.9. The number of morpholine rings is 1. The molecular weight excluding hydrogens is 308 g/mol. The molecule has 1 aliphatic rings. The molecule has 2 aromatic heterocycles. The van der Waals surface area contributed by atoms with Crippen LogP contribution in [0, 0.1) is 6.92 Å². The van der Waals surface area contributed by atoms with E-state index in [0.29, 0.717) is 31.1 Å². The topological polar surface area (TPSA) is 76.4 Å². The second-order valence-electron chi connectivity index (χ2n) is 6.11. The summed E-state index contributed by atoms with van der Waals surface area (Å²) in [5.41, 5.74) is 1.42. The second kappa shape index (κ2) is 6.56. The van der Waals surface area contributed by atoms with Gasteiger partial charge < -0.3 is 14.5 Å². The van der Waals surface area contributed by atoms with Crippen LogP contribution < -0.4 is 4.90 Å². The fraction of sp³-hybridized carbons (Fsp3) is 0.500. The van der Waals surface area contributed by atoms with E-state index in [9.17, 15) is 4.79 Å². The highest BCUT2D eigenvalue weighted by molar-refractivity contribution is 5.94. The smallest absolute Gasteiger partial charge is 0.257 e. The molecule has 0 radical (unpaired) electrons. The minimum absolute atomic E-state index is 0.0760. The maximum absolute atomic E-state index is 12.9. The highest BCUT2D eigenvalue weighted by Crippen LogP contribution is 2.25. The number of carbonyl (C=O) groups is 1. The monoisotopic (exact) mass is 330 g/mol. The Morgan fingerprint density at radius 3 is 2.83 bits per heavy atom. The highest BCUT2D eigenvalue weighted by Gasteiger charge is 2.32. The van der Waals surface area contributed by atoms with Crippen LogP contribution in [0.4, 0.5) is 5.82 Å². The molecule has 0 aliphatic carbocycles. The van der Waals surface area contributed by atoms with Crippen molar-refractivity contribution in [2.75, 3.05) is 38.8 Å². The Morgan fingerprint density at radius 1 is 1.38 bits per heavy atom. The van der Waals surface area contributed by atoms with Gasteiger partial charge >= 0.3 is 0 Å². The Kier molecular flexibility index (Phi) is 4.48. The number of nitrogens with zero attached hydrogens (tertiary/aromatic N) is 6. The van der Waals surface area contributed by atoms with Crippen LogP contribution in [-0.4, -0.2) is 64.4 Å². The summed E-state index contributed by atoms with van der Waals surface area (Å²) in [7, 11) is 5.66. The first kappa shape index (κ1) is 16.4. The molecule has 3 rings (SSSR count). The largest absolute Gasteiger partial charge is 0.377 e. The predicted octanol–water partition coefficient (Wildman–Crippen LogP) is 0.798. The molecule has 0 bridgehead atoms. The standard InChI is InChI=1S/C16H22N6O2/c1-11-7-14(20(2)3)19-15(18-11)13-10-24-6-5-22(13)16(23)12-8-17-21(4)9-12/h7-9,13H,5-6,10H2,1-4H3/t13-/m1/s1. The van der Waals surface area contributed by atoms with Gasteiger partial charge in [-0.2, -0.15) is 5.10 Å². The van der Waals surface area contributed by atoms with Gasteiger partial charge in [0.25, 0.3) is 5.91 Å². The molecule has 128 valence electrons. The number of rotatable bonds is 3. The number of amides is 1. The van der Waals surface area contributed by atoms with Crippen LogP contribution in [0.3, 0.4) is 0 Å². The summed E-state index contributed by atoms with van der Waals surface area (Å²) in [5, 5.41) is 4.08. The fourth-order valence-electron chi connectivity index (χ4n) is 2.71.